The maximum absolute atomic E-state index is 11.3. The van der Waals surface area contributed by atoms with Crippen LogP contribution in [-0.2, 0) is 14.6 Å². The molecule has 0 radical (unpaired) electrons. The van der Waals surface area contributed by atoms with E-state index >= 15 is 0 Å². The van der Waals surface area contributed by atoms with Gasteiger partial charge in [0.2, 0.25) is 5.91 Å². The average molecular weight is 232 g/mol. The van der Waals surface area contributed by atoms with Gasteiger partial charge in [-0.3, -0.25) is 4.79 Å². The van der Waals surface area contributed by atoms with Gasteiger partial charge in [-0.1, -0.05) is 0 Å². The van der Waals surface area contributed by atoms with E-state index in [1.807, 2.05) is 6.07 Å². The van der Waals surface area contributed by atoms with E-state index in [1.165, 1.54) is 13.8 Å². The van der Waals surface area contributed by atoms with Crippen molar-refractivity contribution < 1.29 is 13.2 Å². The highest BCUT2D eigenvalue weighted by Crippen LogP contribution is 2.12. The molecular formula is C9H16N2O3S. The van der Waals surface area contributed by atoms with Gasteiger partial charge in [-0.15, -0.1) is 0 Å². The zero-order valence-electron chi connectivity index (χ0n) is 9.20. The van der Waals surface area contributed by atoms with Crippen molar-refractivity contribution in [1.29, 1.82) is 5.26 Å². The van der Waals surface area contributed by atoms with Crippen LogP contribution in [0.1, 0.15) is 20.3 Å². The Morgan fingerprint density at radius 1 is 1.47 bits per heavy atom. The molecule has 0 fully saturated rings. The standard InChI is InChI=1S/C9H16N2O3S/c1-9(2,7-10)8(12)11-5-4-6-15(3,13)14/h4-6H2,1-3H3,(H,11,12). The summed E-state index contributed by atoms with van der Waals surface area (Å²) in [5, 5.41) is 11.2. The Labute approximate surface area is 90.4 Å². The average Bonchev–Trinajstić information content (AvgIpc) is 2.10. The van der Waals surface area contributed by atoms with Crippen LogP contribution in [0.25, 0.3) is 0 Å². The van der Waals surface area contributed by atoms with Crippen molar-refractivity contribution in [3.63, 3.8) is 0 Å². The first-order valence-electron chi connectivity index (χ1n) is 4.56. The van der Waals surface area contributed by atoms with Crippen LogP contribution in [-0.4, -0.2) is 32.9 Å². The Hall–Kier alpha value is -1.09. The lowest BCUT2D eigenvalue weighted by Crippen LogP contribution is -2.36. The van der Waals surface area contributed by atoms with Crippen LogP contribution in [0.2, 0.25) is 0 Å². The second-order valence-electron chi connectivity index (χ2n) is 3.98. The molecule has 0 unspecified atom stereocenters. The Morgan fingerprint density at radius 3 is 2.40 bits per heavy atom. The number of nitrogens with zero attached hydrogens (tertiary/aromatic N) is 1. The molecule has 0 spiro atoms. The SMILES string of the molecule is CC(C)(C#N)C(=O)NCCCS(C)(=O)=O. The molecule has 6 heteroatoms. The van der Waals surface area contributed by atoms with E-state index in [4.69, 9.17) is 5.26 Å². The van der Waals surface area contributed by atoms with E-state index in [2.05, 4.69) is 5.32 Å². The molecule has 1 amide bonds. The fourth-order valence-corrected chi connectivity index (χ4v) is 1.48. The van der Waals surface area contributed by atoms with Crippen LogP contribution < -0.4 is 5.32 Å². The van der Waals surface area contributed by atoms with Gasteiger partial charge in [0.1, 0.15) is 15.3 Å². The first kappa shape index (κ1) is 13.9. The summed E-state index contributed by atoms with van der Waals surface area (Å²) in [5.74, 6) is -0.334. The van der Waals surface area contributed by atoms with E-state index in [0.717, 1.165) is 6.26 Å². The predicted octanol–water partition coefficient (Wildman–Crippen LogP) is 0.0871. The molecule has 86 valence electrons. The maximum atomic E-state index is 11.3. The summed E-state index contributed by atoms with van der Waals surface area (Å²) in [6, 6.07) is 1.87. The molecule has 0 rings (SSSR count). The van der Waals surface area contributed by atoms with Crippen molar-refractivity contribution in [2.24, 2.45) is 5.41 Å². The highest BCUT2D eigenvalue weighted by atomic mass is 32.2. The zero-order valence-corrected chi connectivity index (χ0v) is 10.0. The van der Waals surface area contributed by atoms with Crippen LogP contribution in [0.5, 0.6) is 0 Å². The molecule has 0 aliphatic heterocycles. The molecule has 0 aromatic carbocycles. The number of sulfone groups is 1. The summed E-state index contributed by atoms with van der Waals surface area (Å²) >= 11 is 0. The monoisotopic (exact) mass is 232 g/mol. The summed E-state index contributed by atoms with van der Waals surface area (Å²) < 4.78 is 21.5. The number of hydrogen-bond donors (Lipinski definition) is 1. The largest absolute Gasteiger partial charge is 0.355 e. The Morgan fingerprint density at radius 2 is 2.00 bits per heavy atom. The molecule has 0 aromatic rings. The summed E-state index contributed by atoms with van der Waals surface area (Å²) in [6.45, 7) is 3.30. The van der Waals surface area contributed by atoms with Crippen LogP contribution in [0.3, 0.4) is 0 Å². The van der Waals surface area contributed by atoms with Crippen molar-refractivity contribution in [1.82, 2.24) is 5.32 Å². The normalized spacial score (nSPS) is 11.9. The first-order chi connectivity index (χ1) is 6.69. The van der Waals surface area contributed by atoms with Crippen molar-refractivity contribution >= 4 is 15.7 Å². The van der Waals surface area contributed by atoms with Crippen LogP contribution in [0, 0.1) is 16.7 Å². The lowest BCUT2D eigenvalue weighted by Gasteiger charge is -2.14. The smallest absolute Gasteiger partial charge is 0.239 e. The molecule has 0 bridgehead atoms. The van der Waals surface area contributed by atoms with E-state index in [9.17, 15) is 13.2 Å². The number of hydrogen-bond acceptors (Lipinski definition) is 4. The van der Waals surface area contributed by atoms with E-state index in [-0.39, 0.29) is 18.2 Å². The number of rotatable bonds is 5. The van der Waals surface area contributed by atoms with Crippen molar-refractivity contribution in [2.75, 3.05) is 18.6 Å². The van der Waals surface area contributed by atoms with Gasteiger partial charge in [0.15, 0.2) is 0 Å². The van der Waals surface area contributed by atoms with Gasteiger partial charge in [0.25, 0.3) is 0 Å². The minimum absolute atomic E-state index is 0.0419. The quantitative estimate of drug-likeness (QED) is 0.680. The fourth-order valence-electron chi connectivity index (χ4n) is 0.808. The van der Waals surface area contributed by atoms with E-state index in [1.54, 1.807) is 0 Å². The van der Waals surface area contributed by atoms with Crippen LogP contribution >= 0.6 is 0 Å². The Balaban J connectivity index is 3.91. The molecule has 15 heavy (non-hydrogen) atoms. The van der Waals surface area contributed by atoms with Gasteiger partial charge in [-0.05, 0) is 20.3 Å². The highest BCUT2D eigenvalue weighted by molar-refractivity contribution is 7.90. The van der Waals surface area contributed by atoms with Crippen molar-refractivity contribution in [2.45, 2.75) is 20.3 Å². The fraction of sp³-hybridized carbons (Fsp3) is 0.778. The number of nitriles is 1. The minimum atomic E-state index is -2.98. The summed E-state index contributed by atoms with van der Waals surface area (Å²) in [5.41, 5.74) is -1.06. The van der Waals surface area contributed by atoms with Gasteiger partial charge >= 0.3 is 0 Å². The molecule has 0 saturated carbocycles. The van der Waals surface area contributed by atoms with Crippen LogP contribution in [0.4, 0.5) is 0 Å². The molecule has 0 aliphatic rings. The predicted molar refractivity (Wildman–Crippen MR) is 56.7 cm³/mol. The van der Waals surface area contributed by atoms with Gasteiger partial charge < -0.3 is 5.32 Å². The number of carbonyl (C=O) groups is 1. The topological polar surface area (TPSA) is 87.0 Å². The second-order valence-corrected chi connectivity index (χ2v) is 6.24. The van der Waals surface area contributed by atoms with Gasteiger partial charge in [0, 0.05) is 12.8 Å². The third kappa shape index (κ3) is 6.07. The molecule has 1 N–H and O–H groups in total. The first-order valence-corrected chi connectivity index (χ1v) is 6.62. The summed E-state index contributed by atoms with van der Waals surface area (Å²) in [4.78, 5) is 11.3. The van der Waals surface area contributed by atoms with Crippen molar-refractivity contribution in [3.05, 3.63) is 0 Å². The second kappa shape index (κ2) is 5.12. The maximum Gasteiger partial charge on any atom is 0.239 e. The number of nitrogens with one attached hydrogen (secondary N) is 1. The molecule has 0 aromatic heterocycles. The van der Waals surface area contributed by atoms with Gasteiger partial charge in [-0.2, -0.15) is 5.26 Å². The number of carbonyl (C=O) groups excluding carboxylic acids is 1. The third-order valence-electron chi connectivity index (χ3n) is 1.82. The molecule has 0 atom stereocenters. The Kier molecular flexibility index (Phi) is 4.75. The molecule has 0 aliphatic carbocycles. The molecule has 0 saturated heterocycles. The minimum Gasteiger partial charge on any atom is -0.355 e. The van der Waals surface area contributed by atoms with E-state index < -0.39 is 15.3 Å². The highest BCUT2D eigenvalue weighted by Gasteiger charge is 2.26. The number of amides is 1. The zero-order chi connectivity index (χ0) is 12.1. The summed E-state index contributed by atoms with van der Waals surface area (Å²) in [7, 11) is -2.98. The molecule has 0 heterocycles. The van der Waals surface area contributed by atoms with Crippen molar-refractivity contribution in [3.8, 4) is 6.07 Å². The van der Waals surface area contributed by atoms with Crippen LogP contribution in [0.15, 0.2) is 0 Å². The Bertz CT molecular complexity index is 365. The van der Waals surface area contributed by atoms with Gasteiger partial charge in [0.05, 0.1) is 11.8 Å². The lowest BCUT2D eigenvalue weighted by molar-refractivity contribution is -0.126. The molecular weight excluding hydrogens is 216 g/mol. The van der Waals surface area contributed by atoms with Gasteiger partial charge in [-0.25, -0.2) is 8.42 Å². The molecule has 5 nitrogen and oxygen atoms in total. The summed E-state index contributed by atoms with van der Waals surface area (Å²) in [6.07, 6.45) is 1.51. The van der Waals surface area contributed by atoms with E-state index in [0.29, 0.717) is 6.42 Å². The lowest BCUT2D eigenvalue weighted by atomic mass is 9.95. The third-order valence-corrected chi connectivity index (χ3v) is 2.85.